The third-order valence-electron chi connectivity index (χ3n) is 2.43. The molecule has 0 unspecified atom stereocenters. The van der Waals surface area contributed by atoms with Gasteiger partial charge in [-0.25, -0.2) is 0 Å². The monoisotopic (exact) mass is 205 g/mol. The van der Waals surface area contributed by atoms with Gasteiger partial charge in [0.25, 0.3) is 0 Å². The summed E-state index contributed by atoms with van der Waals surface area (Å²) in [5, 5.41) is 8.35. The summed E-state index contributed by atoms with van der Waals surface area (Å²) >= 11 is 0. The SMILES string of the molecule is C=C/C=C/CCCCCCCCCC#N. The Morgan fingerprint density at radius 1 is 0.933 bits per heavy atom. The molecule has 84 valence electrons. The molecule has 0 rings (SSSR count). The van der Waals surface area contributed by atoms with Gasteiger partial charge in [-0.15, -0.1) is 0 Å². The average molecular weight is 205 g/mol. The number of nitriles is 1. The topological polar surface area (TPSA) is 23.8 Å². The smallest absolute Gasteiger partial charge is 0.0621 e. The summed E-state index contributed by atoms with van der Waals surface area (Å²) in [4.78, 5) is 0. The lowest BCUT2D eigenvalue weighted by atomic mass is 10.1. The number of rotatable bonds is 10. The Labute approximate surface area is 94.5 Å². The van der Waals surface area contributed by atoms with Crippen molar-refractivity contribution in [3.63, 3.8) is 0 Å². The van der Waals surface area contributed by atoms with Crippen LogP contribution in [0.3, 0.4) is 0 Å². The van der Waals surface area contributed by atoms with Gasteiger partial charge < -0.3 is 0 Å². The van der Waals surface area contributed by atoms with Gasteiger partial charge in [0.2, 0.25) is 0 Å². The van der Waals surface area contributed by atoms with Gasteiger partial charge in [-0.3, -0.25) is 0 Å². The molecule has 0 aliphatic heterocycles. The Kier molecular flexibility index (Phi) is 12.1. The fraction of sp³-hybridized carbons (Fsp3) is 0.643. The van der Waals surface area contributed by atoms with E-state index in [1.807, 2.05) is 12.2 Å². The maximum Gasteiger partial charge on any atom is 0.0621 e. The van der Waals surface area contributed by atoms with Crippen LogP contribution in [0.2, 0.25) is 0 Å². The molecular weight excluding hydrogens is 182 g/mol. The van der Waals surface area contributed by atoms with Crippen molar-refractivity contribution in [2.75, 3.05) is 0 Å². The van der Waals surface area contributed by atoms with E-state index in [-0.39, 0.29) is 0 Å². The Morgan fingerprint density at radius 2 is 1.53 bits per heavy atom. The highest BCUT2D eigenvalue weighted by molar-refractivity contribution is 4.96. The molecule has 0 aromatic carbocycles. The fourth-order valence-corrected chi connectivity index (χ4v) is 1.54. The van der Waals surface area contributed by atoms with Crippen LogP contribution >= 0.6 is 0 Å². The predicted octanol–water partition coefficient (Wildman–Crippen LogP) is 4.76. The van der Waals surface area contributed by atoms with Crippen LogP contribution < -0.4 is 0 Å². The van der Waals surface area contributed by atoms with E-state index in [0.29, 0.717) is 0 Å². The summed E-state index contributed by atoms with van der Waals surface area (Å²) in [5.41, 5.74) is 0. The van der Waals surface area contributed by atoms with Gasteiger partial charge >= 0.3 is 0 Å². The molecule has 0 N–H and O–H groups in total. The van der Waals surface area contributed by atoms with Crippen molar-refractivity contribution in [1.29, 1.82) is 5.26 Å². The lowest BCUT2D eigenvalue weighted by Gasteiger charge is -1.99. The fourth-order valence-electron chi connectivity index (χ4n) is 1.54. The zero-order valence-electron chi connectivity index (χ0n) is 9.75. The Hall–Kier alpha value is -1.03. The van der Waals surface area contributed by atoms with Crippen LogP contribution in [0.1, 0.15) is 57.8 Å². The molecule has 0 bridgehead atoms. The van der Waals surface area contributed by atoms with E-state index in [1.54, 1.807) is 0 Å². The Bertz CT molecular complexity index is 198. The van der Waals surface area contributed by atoms with Crippen LogP contribution in [0, 0.1) is 11.3 Å². The molecule has 1 heteroatoms. The molecule has 0 aliphatic rings. The van der Waals surface area contributed by atoms with Crippen LogP contribution in [0.15, 0.2) is 24.8 Å². The molecule has 0 saturated carbocycles. The van der Waals surface area contributed by atoms with Gasteiger partial charge in [-0.05, 0) is 19.3 Å². The van der Waals surface area contributed by atoms with E-state index in [4.69, 9.17) is 5.26 Å². The quantitative estimate of drug-likeness (QED) is 0.372. The highest BCUT2D eigenvalue weighted by atomic mass is 14.2. The number of unbranched alkanes of at least 4 members (excludes halogenated alkanes) is 8. The second kappa shape index (κ2) is 13.0. The maximum absolute atomic E-state index is 8.35. The lowest BCUT2D eigenvalue weighted by molar-refractivity contribution is 0.585. The van der Waals surface area contributed by atoms with E-state index < -0.39 is 0 Å². The van der Waals surface area contributed by atoms with Crippen molar-refractivity contribution in [1.82, 2.24) is 0 Å². The first-order valence-electron chi connectivity index (χ1n) is 6.06. The number of allylic oxidation sites excluding steroid dienone is 3. The van der Waals surface area contributed by atoms with E-state index in [0.717, 1.165) is 12.8 Å². The van der Waals surface area contributed by atoms with Gasteiger partial charge in [-0.1, -0.05) is 56.9 Å². The summed E-state index contributed by atoms with van der Waals surface area (Å²) in [6.07, 6.45) is 16.8. The van der Waals surface area contributed by atoms with Gasteiger partial charge in [0.15, 0.2) is 0 Å². The Morgan fingerprint density at radius 3 is 2.13 bits per heavy atom. The van der Waals surface area contributed by atoms with E-state index in [2.05, 4.69) is 18.7 Å². The molecule has 0 heterocycles. The highest BCUT2D eigenvalue weighted by Crippen LogP contribution is 2.09. The summed E-state index contributed by atoms with van der Waals surface area (Å²) in [6.45, 7) is 3.63. The predicted molar refractivity (Wildman–Crippen MR) is 66.5 cm³/mol. The molecule has 0 aliphatic carbocycles. The number of hydrogen-bond acceptors (Lipinski definition) is 1. The maximum atomic E-state index is 8.35. The van der Waals surface area contributed by atoms with Crippen LogP contribution in [0.5, 0.6) is 0 Å². The molecule has 0 radical (unpaired) electrons. The number of hydrogen-bond donors (Lipinski definition) is 0. The van der Waals surface area contributed by atoms with Crippen molar-refractivity contribution in [3.8, 4) is 6.07 Å². The third kappa shape index (κ3) is 13.0. The minimum atomic E-state index is 0.729. The Balaban J connectivity index is 2.96. The first-order valence-corrected chi connectivity index (χ1v) is 6.06. The summed E-state index contributed by atoms with van der Waals surface area (Å²) in [7, 11) is 0. The van der Waals surface area contributed by atoms with Crippen molar-refractivity contribution in [2.24, 2.45) is 0 Å². The number of nitrogens with zero attached hydrogens (tertiary/aromatic N) is 1. The molecule has 15 heavy (non-hydrogen) atoms. The van der Waals surface area contributed by atoms with Gasteiger partial charge in [0, 0.05) is 6.42 Å². The second-order valence-electron chi connectivity index (χ2n) is 3.84. The first kappa shape index (κ1) is 14.0. The highest BCUT2D eigenvalue weighted by Gasteiger charge is 1.90. The lowest BCUT2D eigenvalue weighted by Crippen LogP contribution is -1.80. The first-order chi connectivity index (χ1) is 7.41. The van der Waals surface area contributed by atoms with Crippen LogP contribution in [0.4, 0.5) is 0 Å². The molecule has 0 spiro atoms. The van der Waals surface area contributed by atoms with Crippen molar-refractivity contribution >= 4 is 0 Å². The summed E-state index contributed by atoms with van der Waals surface area (Å²) in [5.74, 6) is 0. The molecule has 0 amide bonds. The largest absolute Gasteiger partial charge is 0.198 e. The molecule has 0 aromatic rings. The zero-order chi connectivity index (χ0) is 11.2. The molecule has 0 aromatic heterocycles. The van der Waals surface area contributed by atoms with Crippen LogP contribution in [0.25, 0.3) is 0 Å². The molecular formula is C14H23N. The second-order valence-corrected chi connectivity index (χ2v) is 3.84. The zero-order valence-corrected chi connectivity index (χ0v) is 9.75. The van der Waals surface area contributed by atoms with Gasteiger partial charge in [0.1, 0.15) is 0 Å². The molecule has 0 atom stereocenters. The molecule has 0 fully saturated rings. The van der Waals surface area contributed by atoms with Gasteiger partial charge in [0.05, 0.1) is 6.07 Å². The van der Waals surface area contributed by atoms with Crippen molar-refractivity contribution in [3.05, 3.63) is 24.8 Å². The minimum absolute atomic E-state index is 0.729. The summed E-state index contributed by atoms with van der Waals surface area (Å²) < 4.78 is 0. The third-order valence-corrected chi connectivity index (χ3v) is 2.43. The minimum Gasteiger partial charge on any atom is -0.198 e. The van der Waals surface area contributed by atoms with Crippen LogP contribution in [-0.4, -0.2) is 0 Å². The molecule has 1 nitrogen and oxygen atoms in total. The standard InChI is InChI=1S/C14H23N/c1-2-3-4-5-6-7-8-9-10-11-12-13-14-15/h2-4H,1,5-13H2/b4-3+. The normalized spacial score (nSPS) is 10.3. The van der Waals surface area contributed by atoms with Gasteiger partial charge in [-0.2, -0.15) is 5.26 Å². The van der Waals surface area contributed by atoms with E-state index in [1.165, 1.54) is 44.9 Å². The van der Waals surface area contributed by atoms with E-state index >= 15 is 0 Å². The van der Waals surface area contributed by atoms with Crippen LogP contribution in [-0.2, 0) is 0 Å². The van der Waals surface area contributed by atoms with Crippen molar-refractivity contribution in [2.45, 2.75) is 57.8 Å². The van der Waals surface area contributed by atoms with Crippen molar-refractivity contribution < 1.29 is 0 Å². The average Bonchev–Trinajstić information content (AvgIpc) is 2.26. The summed E-state index contributed by atoms with van der Waals surface area (Å²) in [6, 6.07) is 2.18. The molecule has 0 saturated heterocycles. The van der Waals surface area contributed by atoms with E-state index in [9.17, 15) is 0 Å².